The number of halogens is 1. The van der Waals surface area contributed by atoms with Crippen LogP contribution in [0.1, 0.15) is 15.9 Å². The minimum atomic E-state index is -0.859. The maximum atomic E-state index is 12.8. The monoisotopic (exact) mass is 428 g/mol. The minimum Gasteiger partial charge on any atom is -0.465 e. The Hall–Kier alpha value is -3.26. The highest BCUT2D eigenvalue weighted by Gasteiger charge is 2.36. The molecule has 3 rings (SSSR count). The number of carbonyl (C=O) groups excluding carboxylic acids is 4. The molecular formula is C19H13BrN2O5. The van der Waals surface area contributed by atoms with Gasteiger partial charge in [-0.25, -0.2) is 14.5 Å². The standard InChI is InChI=1S/C19H13BrN2O5/c1-27-18(25)12-5-7-14(8-6-12)22-17(24)15(16(23)21-19(22)26)10-11-3-2-4-13(20)9-11/h2-10H,1H3,(H,21,23,26)/b15-10+. The molecule has 1 fully saturated rings. The highest BCUT2D eigenvalue weighted by molar-refractivity contribution is 9.10. The van der Waals surface area contributed by atoms with Crippen molar-refractivity contribution in [3.63, 3.8) is 0 Å². The first-order valence-electron chi connectivity index (χ1n) is 7.76. The molecule has 0 aliphatic carbocycles. The van der Waals surface area contributed by atoms with Crippen LogP contribution < -0.4 is 10.2 Å². The number of esters is 1. The fraction of sp³-hybridized carbons (Fsp3) is 0.0526. The van der Waals surface area contributed by atoms with Gasteiger partial charge in [0.15, 0.2) is 0 Å². The summed E-state index contributed by atoms with van der Waals surface area (Å²) < 4.78 is 5.40. The van der Waals surface area contributed by atoms with Crippen LogP contribution >= 0.6 is 15.9 Å². The zero-order valence-corrected chi connectivity index (χ0v) is 15.6. The van der Waals surface area contributed by atoms with Crippen molar-refractivity contribution in [1.29, 1.82) is 0 Å². The van der Waals surface area contributed by atoms with Crippen LogP contribution in [0.4, 0.5) is 10.5 Å². The molecule has 4 amide bonds. The molecule has 0 aromatic heterocycles. The zero-order valence-electron chi connectivity index (χ0n) is 14.1. The largest absolute Gasteiger partial charge is 0.465 e. The maximum Gasteiger partial charge on any atom is 0.337 e. The molecule has 136 valence electrons. The van der Waals surface area contributed by atoms with Gasteiger partial charge in [-0.05, 0) is 48.0 Å². The molecule has 1 heterocycles. The molecule has 1 aliphatic heterocycles. The molecule has 1 saturated heterocycles. The van der Waals surface area contributed by atoms with Gasteiger partial charge in [-0.1, -0.05) is 28.1 Å². The number of anilines is 1. The van der Waals surface area contributed by atoms with E-state index in [-0.39, 0.29) is 16.8 Å². The molecule has 0 atom stereocenters. The second-order valence-electron chi connectivity index (χ2n) is 5.55. The number of benzene rings is 2. The Morgan fingerprint density at radius 1 is 1.11 bits per heavy atom. The minimum absolute atomic E-state index is 0.176. The number of nitrogens with zero attached hydrogens (tertiary/aromatic N) is 1. The Morgan fingerprint density at radius 3 is 2.44 bits per heavy atom. The quantitative estimate of drug-likeness (QED) is 0.460. The number of ether oxygens (including phenoxy) is 1. The fourth-order valence-corrected chi connectivity index (χ4v) is 2.94. The summed E-state index contributed by atoms with van der Waals surface area (Å²) in [5.74, 6) is -2.07. The number of hydrogen-bond acceptors (Lipinski definition) is 5. The van der Waals surface area contributed by atoms with Crippen molar-refractivity contribution in [1.82, 2.24) is 5.32 Å². The molecular weight excluding hydrogens is 416 g/mol. The van der Waals surface area contributed by atoms with E-state index in [1.165, 1.54) is 37.5 Å². The van der Waals surface area contributed by atoms with Crippen molar-refractivity contribution in [2.45, 2.75) is 0 Å². The van der Waals surface area contributed by atoms with Crippen molar-refractivity contribution in [2.24, 2.45) is 0 Å². The van der Waals surface area contributed by atoms with E-state index in [0.717, 1.165) is 9.37 Å². The topological polar surface area (TPSA) is 92.8 Å². The third-order valence-electron chi connectivity index (χ3n) is 3.81. The lowest BCUT2D eigenvalue weighted by Gasteiger charge is -2.26. The average molecular weight is 429 g/mol. The summed E-state index contributed by atoms with van der Waals surface area (Å²) >= 11 is 3.32. The summed E-state index contributed by atoms with van der Waals surface area (Å²) in [7, 11) is 1.25. The van der Waals surface area contributed by atoms with Gasteiger partial charge in [0.05, 0.1) is 18.4 Å². The van der Waals surface area contributed by atoms with Gasteiger partial charge in [-0.15, -0.1) is 0 Å². The van der Waals surface area contributed by atoms with Crippen molar-refractivity contribution in [3.8, 4) is 0 Å². The van der Waals surface area contributed by atoms with E-state index in [0.29, 0.717) is 5.56 Å². The van der Waals surface area contributed by atoms with E-state index in [1.807, 2.05) is 6.07 Å². The lowest BCUT2D eigenvalue weighted by molar-refractivity contribution is -0.122. The molecule has 0 unspecified atom stereocenters. The third kappa shape index (κ3) is 3.80. The lowest BCUT2D eigenvalue weighted by Crippen LogP contribution is -2.54. The van der Waals surface area contributed by atoms with Crippen LogP contribution in [0, 0.1) is 0 Å². The summed E-state index contributed by atoms with van der Waals surface area (Å²) in [6.45, 7) is 0. The summed E-state index contributed by atoms with van der Waals surface area (Å²) in [5.41, 5.74) is 0.938. The number of hydrogen-bond donors (Lipinski definition) is 1. The predicted molar refractivity (Wildman–Crippen MR) is 101 cm³/mol. The van der Waals surface area contributed by atoms with Gasteiger partial charge in [0.2, 0.25) is 0 Å². The number of rotatable bonds is 3. The van der Waals surface area contributed by atoms with E-state index in [9.17, 15) is 19.2 Å². The highest BCUT2D eigenvalue weighted by atomic mass is 79.9. The molecule has 0 saturated carbocycles. The van der Waals surface area contributed by atoms with Gasteiger partial charge in [-0.3, -0.25) is 14.9 Å². The van der Waals surface area contributed by atoms with Gasteiger partial charge in [-0.2, -0.15) is 0 Å². The fourth-order valence-electron chi connectivity index (χ4n) is 2.52. The Balaban J connectivity index is 1.96. The molecule has 2 aromatic carbocycles. The molecule has 8 heteroatoms. The molecule has 27 heavy (non-hydrogen) atoms. The molecule has 1 aliphatic rings. The number of barbiturate groups is 1. The van der Waals surface area contributed by atoms with Crippen LogP contribution in [0.5, 0.6) is 0 Å². The zero-order chi connectivity index (χ0) is 19.6. The first kappa shape index (κ1) is 18.5. The molecule has 1 N–H and O–H groups in total. The van der Waals surface area contributed by atoms with Crippen LogP contribution in [-0.2, 0) is 14.3 Å². The second kappa shape index (κ2) is 7.55. The van der Waals surface area contributed by atoms with Crippen LogP contribution in [-0.4, -0.2) is 30.9 Å². The summed E-state index contributed by atoms with van der Waals surface area (Å²) in [4.78, 5) is 49.5. The SMILES string of the molecule is COC(=O)c1ccc(N2C(=O)NC(=O)/C(=C\c3cccc(Br)c3)C2=O)cc1. The van der Waals surface area contributed by atoms with Crippen molar-refractivity contribution < 1.29 is 23.9 Å². The highest BCUT2D eigenvalue weighted by Crippen LogP contribution is 2.23. The van der Waals surface area contributed by atoms with Crippen molar-refractivity contribution >= 4 is 51.5 Å². The van der Waals surface area contributed by atoms with Gasteiger partial charge >= 0.3 is 12.0 Å². The summed E-state index contributed by atoms with van der Waals surface area (Å²) in [6.07, 6.45) is 1.41. The summed E-state index contributed by atoms with van der Waals surface area (Å²) in [6, 6.07) is 11.9. The third-order valence-corrected chi connectivity index (χ3v) is 4.30. The lowest BCUT2D eigenvalue weighted by atomic mass is 10.1. The molecule has 0 radical (unpaired) electrons. The molecule has 0 bridgehead atoms. The molecule has 7 nitrogen and oxygen atoms in total. The Kier molecular flexibility index (Phi) is 5.18. The van der Waals surface area contributed by atoms with Crippen LogP contribution in [0.25, 0.3) is 6.08 Å². The van der Waals surface area contributed by atoms with Gasteiger partial charge < -0.3 is 4.74 Å². The first-order valence-corrected chi connectivity index (χ1v) is 8.55. The number of nitrogens with one attached hydrogen (secondary N) is 1. The maximum absolute atomic E-state index is 12.8. The van der Waals surface area contributed by atoms with Crippen molar-refractivity contribution in [2.75, 3.05) is 12.0 Å². The van der Waals surface area contributed by atoms with Crippen LogP contribution in [0.2, 0.25) is 0 Å². The van der Waals surface area contributed by atoms with Gasteiger partial charge in [0, 0.05) is 4.47 Å². The Bertz CT molecular complexity index is 982. The first-order chi connectivity index (χ1) is 12.9. The number of methoxy groups -OCH3 is 1. The van der Waals surface area contributed by atoms with E-state index < -0.39 is 23.8 Å². The van der Waals surface area contributed by atoms with E-state index in [1.54, 1.807) is 18.2 Å². The van der Waals surface area contributed by atoms with E-state index >= 15 is 0 Å². The smallest absolute Gasteiger partial charge is 0.337 e. The van der Waals surface area contributed by atoms with Gasteiger partial charge in [0.1, 0.15) is 5.57 Å². The number of imide groups is 2. The average Bonchev–Trinajstić information content (AvgIpc) is 2.65. The normalized spacial score (nSPS) is 15.7. The summed E-state index contributed by atoms with van der Waals surface area (Å²) in [5, 5.41) is 2.15. The number of amides is 4. The van der Waals surface area contributed by atoms with Crippen molar-refractivity contribution in [3.05, 3.63) is 69.7 Å². The second-order valence-corrected chi connectivity index (χ2v) is 6.47. The molecule has 2 aromatic rings. The Labute approximate surface area is 162 Å². The number of carbonyl (C=O) groups is 4. The Morgan fingerprint density at radius 2 is 1.81 bits per heavy atom. The van der Waals surface area contributed by atoms with Crippen LogP contribution in [0.3, 0.4) is 0 Å². The number of urea groups is 1. The van der Waals surface area contributed by atoms with Crippen LogP contribution in [0.15, 0.2) is 58.6 Å². The van der Waals surface area contributed by atoms with E-state index in [4.69, 9.17) is 0 Å². The molecule has 0 spiro atoms. The predicted octanol–water partition coefficient (Wildman–Crippen LogP) is 2.90. The van der Waals surface area contributed by atoms with Gasteiger partial charge in [0.25, 0.3) is 11.8 Å². The van der Waals surface area contributed by atoms with E-state index in [2.05, 4.69) is 26.0 Å².